The van der Waals surface area contributed by atoms with E-state index in [1.165, 1.54) is 6.07 Å². The summed E-state index contributed by atoms with van der Waals surface area (Å²) >= 11 is 0. The van der Waals surface area contributed by atoms with Gasteiger partial charge in [-0.05, 0) is 28.8 Å². The smallest absolute Gasteiger partial charge is 0.266 e. The summed E-state index contributed by atoms with van der Waals surface area (Å²) < 4.78 is 30.3. The quantitative estimate of drug-likeness (QED) is 0.863. The molecule has 0 radical (unpaired) electrons. The third-order valence-electron chi connectivity index (χ3n) is 3.88. The molecule has 1 fully saturated rings. The number of methoxy groups -OCH3 is 1. The average molecular weight is 321 g/mol. The Kier molecular flexibility index (Phi) is 4.47. The van der Waals surface area contributed by atoms with E-state index in [4.69, 9.17) is 14.0 Å². The van der Waals surface area contributed by atoms with Crippen LogP contribution in [0.25, 0.3) is 11.5 Å². The molecule has 7 heteroatoms. The third kappa shape index (κ3) is 3.14. The van der Waals surface area contributed by atoms with Gasteiger partial charge in [0.15, 0.2) is 0 Å². The summed E-state index contributed by atoms with van der Waals surface area (Å²) in [5.74, 6) is 0.974. The summed E-state index contributed by atoms with van der Waals surface area (Å²) in [6.45, 7) is 6.60. The number of nitrogens with zero attached hydrogens (tertiary/aromatic N) is 3. The fourth-order valence-electron chi connectivity index (χ4n) is 2.58. The molecule has 1 aromatic heterocycles. The van der Waals surface area contributed by atoms with Crippen LogP contribution in [0.3, 0.4) is 0 Å². The number of halogens is 1. The Morgan fingerprint density at radius 1 is 1.26 bits per heavy atom. The first-order valence-corrected chi connectivity index (χ1v) is 7.64. The van der Waals surface area contributed by atoms with Crippen molar-refractivity contribution < 1.29 is 18.4 Å². The molecule has 0 N–H and O–H groups in total. The second-order valence-electron chi connectivity index (χ2n) is 5.73. The van der Waals surface area contributed by atoms with E-state index in [1.54, 1.807) is 13.2 Å². The lowest BCUT2D eigenvalue weighted by Crippen LogP contribution is -2.36. The number of rotatable bonds is 4. The van der Waals surface area contributed by atoms with Crippen LogP contribution < -0.4 is 9.64 Å². The predicted octanol–water partition coefficient (Wildman–Crippen LogP) is 2.84. The summed E-state index contributed by atoms with van der Waals surface area (Å²) in [6.07, 6.45) is 0. The fraction of sp³-hybridized carbons (Fsp3) is 0.500. The zero-order valence-corrected chi connectivity index (χ0v) is 13.5. The number of ether oxygens (including phenoxy) is 2. The number of anilines is 1. The molecular formula is C16H20FN3O3. The highest BCUT2D eigenvalue weighted by Gasteiger charge is 2.21. The van der Waals surface area contributed by atoms with Crippen molar-refractivity contribution in [3.05, 3.63) is 23.5 Å². The SMILES string of the molecule is COc1cc(-c2nc(N3CCOCC3)no2)c(F)cc1C(C)C. The van der Waals surface area contributed by atoms with Crippen molar-refractivity contribution in [1.82, 2.24) is 10.1 Å². The van der Waals surface area contributed by atoms with Crippen LogP contribution in [0.2, 0.25) is 0 Å². The van der Waals surface area contributed by atoms with E-state index in [2.05, 4.69) is 10.1 Å². The molecule has 2 heterocycles. The Morgan fingerprint density at radius 3 is 2.65 bits per heavy atom. The van der Waals surface area contributed by atoms with Crippen molar-refractivity contribution in [3.63, 3.8) is 0 Å². The predicted molar refractivity (Wildman–Crippen MR) is 83.4 cm³/mol. The van der Waals surface area contributed by atoms with Crippen molar-refractivity contribution in [1.29, 1.82) is 0 Å². The lowest BCUT2D eigenvalue weighted by atomic mass is 9.99. The van der Waals surface area contributed by atoms with Crippen LogP contribution in [0.5, 0.6) is 5.75 Å². The van der Waals surface area contributed by atoms with Crippen LogP contribution in [-0.4, -0.2) is 43.6 Å². The first kappa shape index (κ1) is 15.7. The summed E-state index contributed by atoms with van der Waals surface area (Å²) in [4.78, 5) is 6.26. The molecule has 1 saturated heterocycles. The maximum absolute atomic E-state index is 14.4. The maximum Gasteiger partial charge on any atom is 0.266 e. The molecule has 3 rings (SSSR count). The van der Waals surface area contributed by atoms with Crippen molar-refractivity contribution in [2.75, 3.05) is 38.3 Å². The Hall–Kier alpha value is -2.15. The van der Waals surface area contributed by atoms with Gasteiger partial charge in [-0.3, -0.25) is 0 Å². The molecule has 0 aliphatic carbocycles. The number of hydrogen-bond donors (Lipinski definition) is 0. The highest BCUT2D eigenvalue weighted by molar-refractivity contribution is 5.60. The topological polar surface area (TPSA) is 60.6 Å². The van der Waals surface area contributed by atoms with Crippen LogP contribution in [0.1, 0.15) is 25.3 Å². The Balaban J connectivity index is 1.94. The number of benzene rings is 1. The molecule has 1 aromatic carbocycles. The molecule has 0 amide bonds. The van der Waals surface area contributed by atoms with E-state index in [9.17, 15) is 4.39 Å². The van der Waals surface area contributed by atoms with Gasteiger partial charge in [-0.1, -0.05) is 13.8 Å². The van der Waals surface area contributed by atoms with Gasteiger partial charge in [0.2, 0.25) is 0 Å². The molecule has 0 spiro atoms. The monoisotopic (exact) mass is 321 g/mol. The van der Waals surface area contributed by atoms with Crippen molar-refractivity contribution in [2.24, 2.45) is 0 Å². The number of morpholine rings is 1. The van der Waals surface area contributed by atoms with E-state index in [0.29, 0.717) is 38.0 Å². The van der Waals surface area contributed by atoms with Crippen LogP contribution in [-0.2, 0) is 4.74 Å². The second kappa shape index (κ2) is 6.54. The highest BCUT2D eigenvalue weighted by atomic mass is 19.1. The lowest BCUT2D eigenvalue weighted by molar-refractivity contribution is 0.121. The minimum absolute atomic E-state index is 0.151. The van der Waals surface area contributed by atoms with E-state index >= 15 is 0 Å². The van der Waals surface area contributed by atoms with E-state index in [1.807, 2.05) is 18.7 Å². The summed E-state index contributed by atoms with van der Waals surface area (Å²) in [5.41, 5.74) is 1.06. The molecule has 124 valence electrons. The van der Waals surface area contributed by atoms with Gasteiger partial charge in [0.05, 0.1) is 25.9 Å². The Labute approximate surface area is 134 Å². The standard InChI is InChI=1S/C16H20FN3O3/c1-10(2)11-8-13(17)12(9-14(11)21-3)15-18-16(19-23-15)20-4-6-22-7-5-20/h8-10H,4-7H2,1-3H3. The van der Waals surface area contributed by atoms with E-state index < -0.39 is 5.82 Å². The van der Waals surface area contributed by atoms with Gasteiger partial charge in [-0.15, -0.1) is 0 Å². The van der Waals surface area contributed by atoms with Crippen LogP contribution in [0, 0.1) is 5.82 Å². The summed E-state index contributed by atoms with van der Waals surface area (Å²) in [5, 5.41) is 3.95. The fourth-order valence-corrected chi connectivity index (χ4v) is 2.58. The minimum Gasteiger partial charge on any atom is -0.496 e. The molecule has 0 unspecified atom stereocenters. The Morgan fingerprint density at radius 2 is 2.00 bits per heavy atom. The molecular weight excluding hydrogens is 301 g/mol. The highest BCUT2D eigenvalue weighted by Crippen LogP contribution is 2.33. The van der Waals surface area contributed by atoms with Gasteiger partial charge in [-0.2, -0.15) is 4.98 Å². The molecule has 23 heavy (non-hydrogen) atoms. The summed E-state index contributed by atoms with van der Waals surface area (Å²) in [7, 11) is 1.57. The van der Waals surface area contributed by atoms with E-state index in [-0.39, 0.29) is 17.4 Å². The number of hydrogen-bond acceptors (Lipinski definition) is 6. The molecule has 2 aromatic rings. The molecule has 0 atom stereocenters. The van der Waals surface area contributed by atoms with Gasteiger partial charge in [0, 0.05) is 13.1 Å². The first-order chi connectivity index (χ1) is 11.1. The van der Waals surface area contributed by atoms with Crippen LogP contribution >= 0.6 is 0 Å². The van der Waals surface area contributed by atoms with Crippen molar-refractivity contribution >= 4 is 5.95 Å². The minimum atomic E-state index is -0.397. The zero-order valence-electron chi connectivity index (χ0n) is 13.5. The molecule has 1 aliphatic rings. The van der Waals surface area contributed by atoms with Crippen LogP contribution in [0.15, 0.2) is 16.7 Å². The lowest BCUT2D eigenvalue weighted by Gasteiger charge is -2.24. The largest absolute Gasteiger partial charge is 0.496 e. The molecule has 1 aliphatic heterocycles. The van der Waals surface area contributed by atoms with Gasteiger partial charge in [0.1, 0.15) is 11.6 Å². The maximum atomic E-state index is 14.4. The molecule has 0 saturated carbocycles. The first-order valence-electron chi connectivity index (χ1n) is 7.64. The molecule has 6 nitrogen and oxygen atoms in total. The average Bonchev–Trinajstić information content (AvgIpc) is 3.05. The van der Waals surface area contributed by atoms with Crippen molar-refractivity contribution in [2.45, 2.75) is 19.8 Å². The van der Waals surface area contributed by atoms with Crippen molar-refractivity contribution in [3.8, 4) is 17.2 Å². The number of aromatic nitrogens is 2. The third-order valence-corrected chi connectivity index (χ3v) is 3.88. The Bertz CT molecular complexity index is 681. The van der Waals surface area contributed by atoms with Gasteiger partial charge in [-0.25, -0.2) is 4.39 Å². The van der Waals surface area contributed by atoms with Gasteiger partial charge < -0.3 is 18.9 Å². The van der Waals surface area contributed by atoms with Crippen LogP contribution in [0.4, 0.5) is 10.3 Å². The summed E-state index contributed by atoms with van der Waals surface area (Å²) in [6, 6.07) is 3.08. The molecule has 0 bridgehead atoms. The zero-order chi connectivity index (χ0) is 16.4. The van der Waals surface area contributed by atoms with E-state index in [0.717, 1.165) is 5.56 Å². The van der Waals surface area contributed by atoms with Gasteiger partial charge in [0.25, 0.3) is 11.8 Å². The van der Waals surface area contributed by atoms with Gasteiger partial charge >= 0.3 is 0 Å². The normalized spacial score (nSPS) is 15.3. The second-order valence-corrected chi connectivity index (χ2v) is 5.73.